The lowest BCUT2D eigenvalue weighted by Gasteiger charge is -2.18. The largest absolute Gasteiger partial charge is 0.462 e. The monoisotopic (exact) mass is 805 g/mol. The second-order valence-electron chi connectivity index (χ2n) is 17.1. The van der Waals surface area contributed by atoms with Crippen LogP contribution in [0, 0.1) is 0 Å². The van der Waals surface area contributed by atoms with Gasteiger partial charge < -0.3 is 14.2 Å². The van der Waals surface area contributed by atoms with E-state index in [4.69, 9.17) is 14.2 Å². The molecule has 336 valence electrons. The molecule has 0 aliphatic rings. The van der Waals surface area contributed by atoms with Gasteiger partial charge in [0.15, 0.2) is 6.10 Å². The van der Waals surface area contributed by atoms with Crippen molar-refractivity contribution < 1.29 is 28.6 Å². The van der Waals surface area contributed by atoms with Crippen LogP contribution in [0.4, 0.5) is 0 Å². The van der Waals surface area contributed by atoms with Gasteiger partial charge in [-0.2, -0.15) is 0 Å². The summed E-state index contributed by atoms with van der Waals surface area (Å²) in [6, 6.07) is 0. The van der Waals surface area contributed by atoms with Crippen LogP contribution in [0.5, 0.6) is 0 Å². The number of hydrogen-bond acceptors (Lipinski definition) is 6. The van der Waals surface area contributed by atoms with Crippen molar-refractivity contribution >= 4 is 17.9 Å². The first-order valence-electron chi connectivity index (χ1n) is 25.2. The summed E-state index contributed by atoms with van der Waals surface area (Å²) in [5.74, 6) is -0.876. The topological polar surface area (TPSA) is 78.9 Å². The molecule has 0 fully saturated rings. The minimum Gasteiger partial charge on any atom is -0.462 e. The molecule has 0 bridgehead atoms. The summed E-state index contributed by atoms with van der Waals surface area (Å²) < 4.78 is 16.7. The quantitative estimate of drug-likeness (QED) is 0.0264. The summed E-state index contributed by atoms with van der Waals surface area (Å²) in [4.78, 5) is 37.8. The fraction of sp³-hybridized carbons (Fsp3) is 0.902. The highest BCUT2D eigenvalue weighted by Crippen LogP contribution is 2.16. The van der Waals surface area contributed by atoms with Gasteiger partial charge in [0.2, 0.25) is 0 Å². The molecule has 0 saturated carbocycles. The highest BCUT2D eigenvalue weighted by atomic mass is 16.6. The summed E-state index contributed by atoms with van der Waals surface area (Å²) in [7, 11) is 0. The zero-order chi connectivity index (χ0) is 41.5. The number of carbonyl (C=O) groups is 3. The fourth-order valence-corrected chi connectivity index (χ4v) is 7.44. The Morgan fingerprint density at radius 2 is 0.579 bits per heavy atom. The van der Waals surface area contributed by atoms with E-state index in [1.54, 1.807) is 0 Å². The third kappa shape index (κ3) is 45.1. The van der Waals surface area contributed by atoms with Gasteiger partial charge in [0.25, 0.3) is 0 Å². The van der Waals surface area contributed by atoms with Crippen molar-refractivity contribution in [3.8, 4) is 0 Å². The maximum Gasteiger partial charge on any atom is 0.306 e. The number of allylic oxidation sites excluding steroid dienone is 2. The molecule has 0 spiro atoms. The van der Waals surface area contributed by atoms with Gasteiger partial charge in [-0.1, -0.05) is 226 Å². The molecular formula is C51H96O6. The summed E-state index contributed by atoms with van der Waals surface area (Å²) in [6.07, 6.45) is 50.6. The molecule has 6 nitrogen and oxygen atoms in total. The first-order valence-corrected chi connectivity index (χ1v) is 25.2. The number of ether oxygens (including phenoxy) is 3. The Kier molecular flexibility index (Phi) is 45.3. The van der Waals surface area contributed by atoms with E-state index in [0.717, 1.165) is 70.6 Å². The summed E-state index contributed by atoms with van der Waals surface area (Å²) in [5, 5.41) is 0. The minimum absolute atomic E-state index is 0.0712. The van der Waals surface area contributed by atoms with Crippen molar-refractivity contribution in [3.05, 3.63) is 12.2 Å². The molecule has 0 aliphatic heterocycles. The van der Waals surface area contributed by atoms with Crippen LogP contribution in [0.3, 0.4) is 0 Å². The second-order valence-corrected chi connectivity index (χ2v) is 17.1. The van der Waals surface area contributed by atoms with Crippen molar-refractivity contribution in [1.82, 2.24) is 0 Å². The SMILES string of the molecule is CCCCCCCC/C=C\CCCCCC(=O)OC(COC(=O)CCCCCCCCCCC)COC(=O)CCCCCCCCCCCCCCCCCCC. The molecule has 0 rings (SSSR count). The lowest BCUT2D eigenvalue weighted by Crippen LogP contribution is -2.30. The number of hydrogen-bond donors (Lipinski definition) is 0. The van der Waals surface area contributed by atoms with Crippen LogP contribution in [0.2, 0.25) is 0 Å². The number of rotatable bonds is 46. The lowest BCUT2D eigenvalue weighted by atomic mass is 10.0. The Bertz CT molecular complexity index is 885. The smallest absolute Gasteiger partial charge is 0.306 e. The van der Waals surface area contributed by atoms with Crippen molar-refractivity contribution in [2.24, 2.45) is 0 Å². The number of unbranched alkanes of at least 4 members (excludes halogenated alkanes) is 33. The zero-order valence-electron chi connectivity index (χ0n) is 38.4. The van der Waals surface area contributed by atoms with Gasteiger partial charge in [0.1, 0.15) is 13.2 Å². The number of carbonyl (C=O) groups excluding carboxylic acids is 3. The fourth-order valence-electron chi connectivity index (χ4n) is 7.44. The van der Waals surface area contributed by atoms with Crippen molar-refractivity contribution in [2.45, 2.75) is 284 Å². The Morgan fingerprint density at radius 3 is 0.895 bits per heavy atom. The van der Waals surface area contributed by atoms with E-state index in [1.165, 1.54) is 167 Å². The molecule has 0 amide bonds. The van der Waals surface area contributed by atoms with E-state index >= 15 is 0 Å². The summed E-state index contributed by atoms with van der Waals surface area (Å²) in [5.41, 5.74) is 0. The van der Waals surface area contributed by atoms with Gasteiger partial charge in [0, 0.05) is 19.3 Å². The van der Waals surface area contributed by atoms with E-state index < -0.39 is 6.10 Å². The highest BCUT2D eigenvalue weighted by Gasteiger charge is 2.19. The van der Waals surface area contributed by atoms with E-state index in [0.29, 0.717) is 19.3 Å². The predicted octanol–water partition coefficient (Wildman–Crippen LogP) is 16.2. The summed E-state index contributed by atoms with van der Waals surface area (Å²) in [6.45, 7) is 6.63. The standard InChI is InChI=1S/C51H96O6/c1-4-7-10-13-16-19-21-23-24-25-26-28-29-32-35-38-41-44-50(53)56-47-48(46-55-49(52)43-40-37-34-31-18-15-12-9-6-3)57-51(54)45-42-39-36-33-30-27-22-20-17-14-11-8-5-2/h27,30,48H,4-26,28-29,31-47H2,1-3H3/b30-27-. The molecule has 0 N–H and O–H groups in total. The molecule has 0 aromatic carbocycles. The molecule has 0 heterocycles. The van der Waals surface area contributed by atoms with Gasteiger partial charge in [-0.05, 0) is 44.9 Å². The van der Waals surface area contributed by atoms with Gasteiger partial charge >= 0.3 is 17.9 Å². The average Bonchev–Trinajstić information content (AvgIpc) is 3.21. The van der Waals surface area contributed by atoms with Gasteiger partial charge in [-0.25, -0.2) is 0 Å². The molecule has 0 radical (unpaired) electrons. The van der Waals surface area contributed by atoms with Crippen molar-refractivity contribution in [3.63, 3.8) is 0 Å². The molecule has 0 aromatic heterocycles. The van der Waals surface area contributed by atoms with E-state index in [2.05, 4.69) is 32.9 Å². The third-order valence-corrected chi connectivity index (χ3v) is 11.3. The predicted molar refractivity (Wildman–Crippen MR) is 243 cm³/mol. The molecule has 0 aliphatic carbocycles. The Balaban J connectivity index is 4.28. The Hall–Kier alpha value is -1.85. The molecular weight excluding hydrogens is 709 g/mol. The Labute approximate surface area is 354 Å². The third-order valence-electron chi connectivity index (χ3n) is 11.3. The molecule has 57 heavy (non-hydrogen) atoms. The normalized spacial score (nSPS) is 12.0. The van der Waals surface area contributed by atoms with Crippen molar-refractivity contribution in [1.29, 1.82) is 0 Å². The van der Waals surface area contributed by atoms with Gasteiger partial charge in [-0.15, -0.1) is 0 Å². The van der Waals surface area contributed by atoms with Gasteiger partial charge in [-0.3, -0.25) is 14.4 Å². The van der Waals surface area contributed by atoms with Gasteiger partial charge in [0.05, 0.1) is 0 Å². The molecule has 0 aromatic rings. The maximum atomic E-state index is 12.7. The van der Waals surface area contributed by atoms with Crippen LogP contribution in [-0.2, 0) is 28.6 Å². The molecule has 1 unspecified atom stereocenters. The van der Waals surface area contributed by atoms with E-state index in [-0.39, 0.29) is 31.1 Å². The van der Waals surface area contributed by atoms with Crippen LogP contribution in [0.15, 0.2) is 12.2 Å². The Morgan fingerprint density at radius 1 is 0.333 bits per heavy atom. The van der Waals surface area contributed by atoms with Crippen LogP contribution < -0.4 is 0 Å². The van der Waals surface area contributed by atoms with Crippen LogP contribution in [0.1, 0.15) is 278 Å². The zero-order valence-corrected chi connectivity index (χ0v) is 38.4. The van der Waals surface area contributed by atoms with Crippen LogP contribution >= 0.6 is 0 Å². The van der Waals surface area contributed by atoms with E-state index in [9.17, 15) is 14.4 Å². The molecule has 6 heteroatoms. The van der Waals surface area contributed by atoms with Crippen LogP contribution in [-0.4, -0.2) is 37.2 Å². The number of esters is 3. The lowest BCUT2D eigenvalue weighted by molar-refractivity contribution is -0.167. The maximum absolute atomic E-state index is 12.7. The van der Waals surface area contributed by atoms with E-state index in [1.807, 2.05) is 0 Å². The molecule has 1 atom stereocenters. The first kappa shape index (κ1) is 55.2. The first-order chi connectivity index (χ1) is 28.0. The van der Waals surface area contributed by atoms with Crippen molar-refractivity contribution in [2.75, 3.05) is 13.2 Å². The highest BCUT2D eigenvalue weighted by molar-refractivity contribution is 5.71. The average molecular weight is 805 g/mol. The second kappa shape index (κ2) is 46.8. The summed E-state index contributed by atoms with van der Waals surface area (Å²) >= 11 is 0. The van der Waals surface area contributed by atoms with Crippen LogP contribution in [0.25, 0.3) is 0 Å². The minimum atomic E-state index is -0.769. The molecule has 0 saturated heterocycles.